The summed E-state index contributed by atoms with van der Waals surface area (Å²) in [5, 5.41) is 3.17. The van der Waals surface area contributed by atoms with Gasteiger partial charge in [-0.3, -0.25) is 4.79 Å². The van der Waals surface area contributed by atoms with Crippen LogP contribution >= 0.6 is 0 Å². The van der Waals surface area contributed by atoms with Crippen molar-refractivity contribution in [1.29, 1.82) is 0 Å². The van der Waals surface area contributed by atoms with Crippen molar-refractivity contribution in [3.8, 4) is 0 Å². The number of halogens is 2. The number of carbonyl (C=O) groups excluding carboxylic acids is 1. The lowest BCUT2D eigenvalue weighted by Gasteiger charge is -2.04. The van der Waals surface area contributed by atoms with Gasteiger partial charge in [-0.25, -0.2) is 13.8 Å². The highest BCUT2D eigenvalue weighted by molar-refractivity contribution is 6.12. The number of nitrogens with one attached hydrogen (secondary N) is 2. The molecule has 4 nitrogen and oxygen atoms in total. The van der Waals surface area contributed by atoms with Crippen molar-refractivity contribution >= 4 is 22.6 Å². The summed E-state index contributed by atoms with van der Waals surface area (Å²) in [6.45, 7) is 0. The minimum Gasteiger partial charge on any atom is -0.345 e. The molecule has 3 aromatic rings. The number of anilines is 1. The van der Waals surface area contributed by atoms with Gasteiger partial charge >= 0.3 is 0 Å². The van der Waals surface area contributed by atoms with Crippen LogP contribution in [0.2, 0.25) is 0 Å². The molecule has 0 aliphatic rings. The van der Waals surface area contributed by atoms with E-state index in [1.807, 2.05) is 0 Å². The molecule has 0 aliphatic carbocycles. The Morgan fingerprint density at radius 1 is 1.20 bits per heavy atom. The van der Waals surface area contributed by atoms with Crippen LogP contribution in [-0.4, -0.2) is 15.9 Å². The molecule has 0 spiro atoms. The number of fused-ring (bicyclic) bond motifs is 1. The fourth-order valence-electron chi connectivity index (χ4n) is 1.92. The van der Waals surface area contributed by atoms with Crippen LogP contribution in [0.25, 0.3) is 11.0 Å². The fourth-order valence-corrected chi connectivity index (χ4v) is 1.92. The molecule has 0 saturated heterocycles. The Bertz CT molecular complexity index is 798. The molecule has 0 atom stereocenters. The van der Waals surface area contributed by atoms with E-state index in [0.717, 1.165) is 12.1 Å². The average Bonchev–Trinajstić information content (AvgIpc) is 2.87. The van der Waals surface area contributed by atoms with Gasteiger partial charge in [0.05, 0.1) is 5.56 Å². The number of aromatic nitrogens is 2. The zero-order valence-electron chi connectivity index (χ0n) is 10.2. The van der Waals surface area contributed by atoms with E-state index in [1.165, 1.54) is 12.3 Å². The smallest absolute Gasteiger partial charge is 0.257 e. The number of pyridine rings is 1. The first-order chi connectivity index (χ1) is 9.65. The largest absolute Gasteiger partial charge is 0.345 e. The maximum atomic E-state index is 13.1. The predicted octanol–water partition coefficient (Wildman–Crippen LogP) is 3.09. The molecule has 2 N–H and O–H groups in total. The molecule has 6 heteroatoms. The van der Waals surface area contributed by atoms with Crippen LogP contribution in [0.4, 0.5) is 14.5 Å². The van der Waals surface area contributed by atoms with E-state index in [0.29, 0.717) is 16.6 Å². The SMILES string of the molecule is O=C(Nc1ccc(F)c(F)c1)c1c[nH]c2ncccc12. The summed E-state index contributed by atoms with van der Waals surface area (Å²) < 4.78 is 25.9. The van der Waals surface area contributed by atoms with Crippen molar-refractivity contribution in [2.24, 2.45) is 0 Å². The Hall–Kier alpha value is -2.76. The predicted molar refractivity (Wildman–Crippen MR) is 70.4 cm³/mol. The zero-order chi connectivity index (χ0) is 14.1. The number of aromatic amines is 1. The third kappa shape index (κ3) is 2.11. The Morgan fingerprint density at radius 2 is 2.05 bits per heavy atom. The zero-order valence-corrected chi connectivity index (χ0v) is 10.2. The lowest BCUT2D eigenvalue weighted by atomic mass is 10.2. The highest BCUT2D eigenvalue weighted by Crippen LogP contribution is 2.18. The highest BCUT2D eigenvalue weighted by Gasteiger charge is 2.13. The van der Waals surface area contributed by atoms with E-state index >= 15 is 0 Å². The average molecular weight is 273 g/mol. The van der Waals surface area contributed by atoms with Gasteiger partial charge in [0, 0.05) is 29.5 Å². The number of carbonyl (C=O) groups is 1. The van der Waals surface area contributed by atoms with Gasteiger partial charge in [0.25, 0.3) is 5.91 Å². The number of hydrogen-bond acceptors (Lipinski definition) is 2. The number of benzene rings is 1. The van der Waals surface area contributed by atoms with E-state index in [9.17, 15) is 13.6 Å². The molecule has 0 unspecified atom stereocenters. The summed E-state index contributed by atoms with van der Waals surface area (Å²) in [5.74, 6) is -2.39. The summed E-state index contributed by atoms with van der Waals surface area (Å²) >= 11 is 0. The van der Waals surface area contributed by atoms with Crippen LogP contribution in [0.15, 0.2) is 42.7 Å². The summed E-state index contributed by atoms with van der Waals surface area (Å²) in [6.07, 6.45) is 3.13. The van der Waals surface area contributed by atoms with Gasteiger partial charge in [-0.1, -0.05) is 0 Å². The van der Waals surface area contributed by atoms with Gasteiger partial charge < -0.3 is 10.3 Å². The Morgan fingerprint density at radius 3 is 2.85 bits per heavy atom. The first-order valence-corrected chi connectivity index (χ1v) is 5.83. The van der Waals surface area contributed by atoms with E-state index < -0.39 is 17.5 Å². The van der Waals surface area contributed by atoms with Crippen molar-refractivity contribution in [3.63, 3.8) is 0 Å². The van der Waals surface area contributed by atoms with E-state index in [2.05, 4.69) is 15.3 Å². The third-order valence-corrected chi connectivity index (χ3v) is 2.87. The van der Waals surface area contributed by atoms with Crippen molar-refractivity contribution in [2.75, 3.05) is 5.32 Å². The third-order valence-electron chi connectivity index (χ3n) is 2.87. The normalized spacial score (nSPS) is 10.7. The number of H-pyrrole nitrogens is 1. The van der Waals surface area contributed by atoms with Crippen LogP contribution < -0.4 is 5.32 Å². The van der Waals surface area contributed by atoms with Gasteiger partial charge in [0.2, 0.25) is 0 Å². The second-order valence-electron chi connectivity index (χ2n) is 4.18. The van der Waals surface area contributed by atoms with Gasteiger partial charge in [-0.05, 0) is 24.3 Å². The minimum atomic E-state index is -1.01. The molecule has 20 heavy (non-hydrogen) atoms. The van der Waals surface area contributed by atoms with Crippen molar-refractivity contribution < 1.29 is 13.6 Å². The van der Waals surface area contributed by atoms with Crippen LogP contribution in [0.1, 0.15) is 10.4 Å². The molecular weight excluding hydrogens is 264 g/mol. The van der Waals surface area contributed by atoms with Crippen LogP contribution in [0.5, 0.6) is 0 Å². The first-order valence-electron chi connectivity index (χ1n) is 5.83. The summed E-state index contributed by atoms with van der Waals surface area (Å²) in [4.78, 5) is 19.1. The standard InChI is InChI=1S/C14H9F2N3O/c15-11-4-3-8(6-12(11)16)19-14(20)10-7-18-13-9(10)2-1-5-17-13/h1-7H,(H,17,18)(H,19,20). The Labute approximate surface area is 112 Å². The number of hydrogen-bond donors (Lipinski definition) is 2. The minimum absolute atomic E-state index is 0.187. The van der Waals surface area contributed by atoms with Gasteiger partial charge in [-0.2, -0.15) is 0 Å². The molecule has 1 amide bonds. The molecule has 2 heterocycles. The molecular formula is C14H9F2N3O. The Kier molecular flexibility index (Phi) is 2.90. The molecule has 0 radical (unpaired) electrons. The fraction of sp³-hybridized carbons (Fsp3) is 0. The monoisotopic (exact) mass is 273 g/mol. The molecule has 2 aromatic heterocycles. The van der Waals surface area contributed by atoms with Crippen molar-refractivity contribution in [1.82, 2.24) is 9.97 Å². The van der Waals surface area contributed by atoms with E-state index in [-0.39, 0.29) is 5.69 Å². The highest BCUT2D eigenvalue weighted by atomic mass is 19.2. The van der Waals surface area contributed by atoms with E-state index in [4.69, 9.17) is 0 Å². The second-order valence-corrected chi connectivity index (χ2v) is 4.18. The van der Waals surface area contributed by atoms with Crippen molar-refractivity contribution in [2.45, 2.75) is 0 Å². The summed E-state index contributed by atoms with van der Waals surface area (Å²) in [5.41, 5.74) is 1.16. The molecule has 0 bridgehead atoms. The van der Waals surface area contributed by atoms with Crippen LogP contribution in [0, 0.1) is 11.6 Å². The lowest BCUT2D eigenvalue weighted by molar-refractivity contribution is 0.102. The second kappa shape index (κ2) is 4.73. The van der Waals surface area contributed by atoms with Crippen molar-refractivity contribution in [3.05, 3.63) is 59.9 Å². The number of amides is 1. The molecule has 0 saturated carbocycles. The van der Waals surface area contributed by atoms with Crippen LogP contribution in [-0.2, 0) is 0 Å². The number of nitrogens with zero attached hydrogens (tertiary/aromatic N) is 1. The van der Waals surface area contributed by atoms with Gasteiger partial charge in [-0.15, -0.1) is 0 Å². The quantitative estimate of drug-likeness (QED) is 0.753. The van der Waals surface area contributed by atoms with Gasteiger partial charge in [0.15, 0.2) is 11.6 Å². The maximum absolute atomic E-state index is 13.1. The molecule has 0 aliphatic heterocycles. The van der Waals surface area contributed by atoms with Crippen LogP contribution in [0.3, 0.4) is 0 Å². The molecule has 100 valence electrons. The first kappa shape index (κ1) is 12.3. The lowest BCUT2D eigenvalue weighted by Crippen LogP contribution is -2.11. The topological polar surface area (TPSA) is 57.8 Å². The molecule has 1 aromatic carbocycles. The molecule has 0 fully saturated rings. The summed E-state index contributed by atoms with van der Waals surface area (Å²) in [7, 11) is 0. The van der Waals surface area contributed by atoms with E-state index in [1.54, 1.807) is 18.3 Å². The Balaban J connectivity index is 1.91. The number of rotatable bonds is 2. The molecule has 3 rings (SSSR count). The maximum Gasteiger partial charge on any atom is 0.257 e. The summed E-state index contributed by atoms with van der Waals surface area (Å²) in [6, 6.07) is 6.65. The van der Waals surface area contributed by atoms with Gasteiger partial charge in [0.1, 0.15) is 5.65 Å².